The van der Waals surface area contributed by atoms with Crippen molar-refractivity contribution in [3.8, 4) is 11.3 Å². The first kappa shape index (κ1) is 15.3. The molecule has 2 heteroatoms. The van der Waals surface area contributed by atoms with Crippen LogP contribution < -0.4 is 0 Å². The molecule has 0 radical (unpaired) electrons. The highest BCUT2D eigenvalue weighted by Crippen LogP contribution is 2.26. The molecule has 1 heterocycles. The fraction of sp³-hybridized carbons (Fsp3) is 0.190. The lowest BCUT2D eigenvalue weighted by molar-refractivity contribution is 0.479. The average molecular weight is 303 g/mol. The molecular weight excluding hydrogens is 282 g/mol. The molecular formula is C21H21NO. The monoisotopic (exact) mass is 303 g/mol. The number of hydrogen-bond donors (Lipinski definition) is 0. The van der Waals surface area contributed by atoms with Crippen molar-refractivity contribution in [2.24, 2.45) is 0 Å². The van der Waals surface area contributed by atoms with Gasteiger partial charge in [0, 0.05) is 12.0 Å². The van der Waals surface area contributed by atoms with E-state index in [0.717, 1.165) is 47.7 Å². The van der Waals surface area contributed by atoms with Gasteiger partial charge in [-0.15, -0.1) is 0 Å². The van der Waals surface area contributed by atoms with Crippen LogP contribution in [-0.2, 0) is 6.42 Å². The molecule has 0 fully saturated rings. The van der Waals surface area contributed by atoms with Crippen LogP contribution in [0.25, 0.3) is 23.4 Å². The lowest BCUT2D eigenvalue weighted by Gasteiger charge is -1.97. The van der Waals surface area contributed by atoms with Gasteiger partial charge in [-0.05, 0) is 18.1 Å². The number of aromatic nitrogens is 1. The molecule has 0 aliphatic rings. The van der Waals surface area contributed by atoms with E-state index in [-0.39, 0.29) is 0 Å². The molecule has 2 nitrogen and oxygen atoms in total. The van der Waals surface area contributed by atoms with Gasteiger partial charge in [0.05, 0.1) is 0 Å². The molecule has 0 bridgehead atoms. The van der Waals surface area contributed by atoms with Gasteiger partial charge in [0.1, 0.15) is 5.69 Å². The highest BCUT2D eigenvalue weighted by molar-refractivity contribution is 5.76. The van der Waals surface area contributed by atoms with Crippen molar-refractivity contribution < 1.29 is 4.42 Å². The van der Waals surface area contributed by atoms with Crippen molar-refractivity contribution in [3.05, 3.63) is 77.9 Å². The maximum Gasteiger partial charge on any atom is 0.195 e. The molecule has 0 spiro atoms. The predicted molar refractivity (Wildman–Crippen MR) is 95.9 cm³/mol. The van der Waals surface area contributed by atoms with E-state index >= 15 is 0 Å². The Morgan fingerprint density at radius 1 is 0.913 bits per heavy atom. The van der Waals surface area contributed by atoms with Crippen LogP contribution in [0.4, 0.5) is 0 Å². The van der Waals surface area contributed by atoms with E-state index in [1.807, 2.05) is 42.5 Å². The van der Waals surface area contributed by atoms with E-state index < -0.39 is 0 Å². The number of hydrogen-bond acceptors (Lipinski definition) is 2. The maximum atomic E-state index is 6.00. The van der Waals surface area contributed by atoms with Crippen molar-refractivity contribution in [2.45, 2.75) is 26.2 Å². The smallest absolute Gasteiger partial charge is 0.195 e. The van der Waals surface area contributed by atoms with Crippen LogP contribution in [0.15, 0.2) is 65.1 Å². The number of rotatable bonds is 6. The fourth-order valence-electron chi connectivity index (χ4n) is 2.46. The number of oxazole rings is 1. The lowest BCUT2D eigenvalue weighted by Crippen LogP contribution is -1.84. The molecule has 3 rings (SSSR count). The van der Waals surface area contributed by atoms with E-state index in [9.17, 15) is 0 Å². The Balaban J connectivity index is 1.93. The molecule has 116 valence electrons. The van der Waals surface area contributed by atoms with Gasteiger partial charge in [-0.2, -0.15) is 0 Å². The van der Waals surface area contributed by atoms with Crippen molar-refractivity contribution in [2.75, 3.05) is 0 Å². The van der Waals surface area contributed by atoms with Gasteiger partial charge in [-0.1, -0.05) is 80.1 Å². The van der Waals surface area contributed by atoms with Crippen molar-refractivity contribution in [3.63, 3.8) is 0 Å². The quantitative estimate of drug-likeness (QED) is 0.570. The zero-order chi connectivity index (χ0) is 15.9. The minimum atomic E-state index is 0.818. The van der Waals surface area contributed by atoms with Crippen molar-refractivity contribution in [1.29, 1.82) is 0 Å². The summed E-state index contributed by atoms with van der Waals surface area (Å²) in [4.78, 5) is 4.71. The Labute approximate surface area is 137 Å². The molecule has 0 amide bonds. The second kappa shape index (κ2) is 7.59. The molecule has 23 heavy (non-hydrogen) atoms. The molecule has 0 saturated carbocycles. The van der Waals surface area contributed by atoms with E-state index in [0.29, 0.717) is 0 Å². The van der Waals surface area contributed by atoms with E-state index in [2.05, 4.69) is 37.3 Å². The first-order chi connectivity index (χ1) is 11.4. The van der Waals surface area contributed by atoms with Crippen LogP contribution in [0.3, 0.4) is 0 Å². The zero-order valence-corrected chi connectivity index (χ0v) is 13.4. The maximum absolute atomic E-state index is 6.00. The van der Waals surface area contributed by atoms with Gasteiger partial charge < -0.3 is 4.42 Å². The molecule has 0 saturated heterocycles. The Kier molecular flexibility index (Phi) is 5.05. The standard InChI is InChI=1S/C21H21NO/c1-2-3-14-20-22-21(18-12-8-5-9-13-18)19(23-20)16-15-17-10-6-4-7-11-17/h4-13,15-16H,2-3,14H2,1H3/b16-15+. The summed E-state index contributed by atoms with van der Waals surface area (Å²) in [6, 6.07) is 20.4. The van der Waals surface area contributed by atoms with Crippen LogP contribution >= 0.6 is 0 Å². The van der Waals surface area contributed by atoms with E-state index in [1.54, 1.807) is 0 Å². The van der Waals surface area contributed by atoms with E-state index in [1.165, 1.54) is 0 Å². The van der Waals surface area contributed by atoms with Gasteiger partial charge in [0.15, 0.2) is 11.7 Å². The Morgan fingerprint density at radius 3 is 2.30 bits per heavy atom. The first-order valence-corrected chi connectivity index (χ1v) is 8.15. The topological polar surface area (TPSA) is 26.0 Å². The average Bonchev–Trinajstić information content (AvgIpc) is 3.03. The molecule has 0 aliphatic heterocycles. The molecule has 2 aromatic carbocycles. The minimum absolute atomic E-state index is 0.818. The summed E-state index contributed by atoms with van der Waals surface area (Å²) in [6.07, 6.45) is 7.20. The highest BCUT2D eigenvalue weighted by Gasteiger charge is 2.12. The first-order valence-electron chi connectivity index (χ1n) is 8.15. The van der Waals surface area contributed by atoms with Crippen LogP contribution in [0.5, 0.6) is 0 Å². The summed E-state index contributed by atoms with van der Waals surface area (Å²) in [5.74, 6) is 1.64. The normalized spacial score (nSPS) is 11.2. The molecule has 0 aliphatic carbocycles. The Hall–Kier alpha value is -2.61. The summed E-state index contributed by atoms with van der Waals surface area (Å²) in [6.45, 7) is 2.18. The summed E-state index contributed by atoms with van der Waals surface area (Å²) in [5.41, 5.74) is 3.16. The van der Waals surface area contributed by atoms with Gasteiger partial charge in [0.2, 0.25) is 0 Å². The second-order valence-corrected chi connectivity index (χ2v) is 5.53. The summed E-state index contributed by atoms with van der Waals surface area (Å²) >= 11 is 0. The number of nitrogens with zero attached hydrogens (tertiary/aromatic N) is 1. The third-order valence-electron chi connectivity index (χ3n) is 3.72. The van der Waals surface area contributed by atoms with Crippen LogP contribution in [0.1, 0.15) is 37.0 Å². The second-order valence-electron chi connectivity index (χ2n) is 5.53. The van der Waals surface area contributed by atoms with Gasteiger partial charge in [0.25, 0.3) is 0 Å². The van der Waals surface area contributed by atoms with Gasteiger partial charge in [-0.3, -0.25) is 0 Å². The number of unbranched alkanes of at least 4 members (excludes halogenated alkanes) is 1. The van der Waals surface area contributed by atoms with Crippen molar-refractivity contribution in [1.82, 2.24) is 4.98 Å². The molecule has 0 unspecified atom stereocenters. The number of aryl methyl sites for hydroxylation is 1. The zero-order valence-electron chi connectivity index (χ0n) is 13.4. The van der Waals surface area contributed by atoms with Crippen LogP contribution in [0, 0.1) is 0 Å². The van der Waals surface area contributed by atoms with Gasteiger partial charge >= 0.3 is 0 Å². The largest absolute Gasteiger partial charge is 0.441 e. The fourth-order valence-corrected chi connectivity index (χ4v) is 2.46. The van der Waals surface area contributed by atoms with Crippen LogP contribution in [0.2, 0.25) is 0 Å². The summed E-state index contributed by atoms with van der Waals surface area (Å²) < 4.78 is 6.00. The lowest BCUT2D eigenvalue weighted by atomic mass is 10.1. The Bertz CT molecular complexity index is 757. The third kappa shape index (κ3) is 3.98. The van der Waals surface area contributed by atoms with Gasteiger partial charge in [-0.25, -0.2) is 4.98 Å². The minimum Gasteiger partial charge on any atom is -0.441 e. The third-order valence-corrected chi connectivity index (χ3v) is 3.72. The van der Waals surface area contributed by atoms with E-state index in [4.69, 9.17) is 9.40 Å². The van der Waals surface area contributed by atoms with Crippen LogP contribution in [-0.4, -0.2) is 4.98 Å². The summed E-state index contributed by atoms with van der Waals surface area (Å²) in [7, 11) is 0. The summed E-state index contributed by atoms with van der Waals surface area (Å²) in [5, 5.41) is 0. The molecule has 0 N–H and O–H groups in total. The Morgan fingerprint density at radius 2 is 1.61 bits per heavy atom. The molecule has 3 aromatic rings. The van der Waals surface area contributed by atoms with Crippen molar-refractivity contribution >= 4 is 12.2 Å². The molecule has 1 aromatic heterocycles. The predicted octanol–water partition coefficient (Wildman–Crippen LogP) is 5.85. The molecule has 0 atom stereocenters. The number of benzene rings is 2. The highest BCUT2D eigenvalue weighted by atomic mass is 16.4. The SMILES string of the molecule is CCCCc1nc(-c2ccccc2)c(/C=C/c2ccccc2)o1.